The molecule has 1 aromatic heterocycles. The lowest BCUT2D eigenvalue weighted by molar-refractivity contribution is 0.0702. The first kappa shape index (κ1) is 12.1. The van der Waals surface area contributed by atoms with Crippen LogP contribution in [-0.4, -0.2) is 40.6 Å². The summed E-state index contributed by atoms with van der Waals surface area (Å²) in [5.74, 6) is -0.157. The molecule has 0 radical (unpaired) electrons. The third kappa shape index (κ3) is 3.28. The molecule has 0 aliphatic carbocycles. The van der Waals surface area contributed by atoms with E-state index in [2.05, 4.69) is 20.9 Å². The van der Waals surface area contributed by atoms with Crippen LogP contribution in [0, 0.1) is 0 Å². The zero-order valence-corrected chi connectivity index (χ0v) is 10.2. The van der Waals surface area contributed by atoms with Gasteiger partial charge in [0.15, 0.2) is 0 Å². The van der Waals surface area contributed by atoms with Crippen LogP contribution in [0.5, 0.6) is 0 Å². The second-order valence-electron chi connectivity index (χ2n) is 3.38. The number of carbonyl (C=O) groups is 1. The van der Waals surface area contributed by atoms with Gasteiger partial charge in [-0.1, -0.05) is 0 Å². The summed E-state index contributed by atoms with van der Waals surface area (Å²) in [4.78, 5) is 17.3. The maximum Gasteiger partial charge on any atom is 0.256 e. The molecule has 0 bridgehead atoms. The van der Waals surface area contributed by atoms with Crippen molar-refractivity contribution < 1.29 is 9.90 Å². The van der Waals surface area contributed by atoms with Gasteiger partial charge in [-0.15, -0.1) is 0 Å². The van der Waals surface area contributed by atoms with Gasteiger partial charge in [-0.05, 0) is 35.0 Å². The molecule has 1 aromatic rings. The van der Waals surface area contributed by atoms with Crippen molar-refractivity contribution >= 4 is 21.8 Å². The summed E-state index contributed by atoms with van der Waals surface area (Å²) in [6, 6.07) is 3.40. The second-order valence-corrected chi connectivity index (χ2v) is 4.13. The highest BCUT2D eigenvalue weighted by atomic mass is 79.9. The molecule has 0 saturated carbocycles. The average molecular weight is 273 g/mol. The molecule has 0 fully saturated rings. The minimum absolute atomic E-state index is 0.157. The van der Waals surface area contributed by atoms with Crippen molar-refractivity contribution in [1.29, 1.82) is 0 Å². The molecule has 5 heteroatoms. The van der Waals surface area contributed by atoms with Crippen LogP contribution in [0.3, 0.4) is 0 Å². The normalized spacial score (nSPS) is 12.3. The van der Waals surface area contributed by atoms with Crippen molar-refractivity contribution in [3.05, 3.63) is 28.5 Å². The SMILES string of the molecule is CC(O)CN(C)C(=O)c1cccnc1Br. The highest BCUT2D eigenvalue weighted by Crippen LogP contribution is 2.14. The fourth-order valence-corrected chi connectivity index (χ4v) is 1.65. The standard InChI is InChI=1S/C10H13BrN2O2/c1-7(14)6-13(2)10(15)8-4-3-5-12-9(8)11/h3-5,7,14H,6H2,1-2H3. The van der Waals surface area contributed by atoms with E-state index in [0.717, 1.165) is 0 Å². The van der Waals surface area contributed by atoms with Crippen LogP contribution in [0.2, 0.25) is 0 Å². The predicted molar refractivity (Wildman–Crippen MR) is 60.6 cm³/mol. The second kappa shape index (κ2) is 5.23. The number of nitrogens with zero attached hydrogens (tertiary/aromatic N) is 2. The van der Waals surface area contributed by atoms with Crippen LogP contribution in [0.4, 0.5) is 0 Å². The van der Waals surface area contributed by atoms with Gasteiger partial charge in [-0.3, -0.25) is 4.79 Å². The maximum atomic E-state index is 11.8. The molecule has 0 aromatic carbocycles. The van der Waals surface area contributed by atoms with Crippen LogP contribution in [0.1, 0.15) is 17.3 Å². The number of pyridine rings is 1. The van der Waals surface area contributed by atoms with Gasteiger partial charge in [-0.25, -0.2) is 4.98 Å². The molecule has 4 nitrogen and oxygen atoms in total. The number of hydrogen-bond donors (Lipinski definition) is 1. The summed E-state index contributed by atoms with van der Waals surface area (Å²) in [5, 5.41) is 9.17. The first-order valence-corrected chi connectivity index (χ1v) is 5.35. The third-order valence-corrected chi connectivity index (χ3v) is 2.51. The number of aromatic nitrogens is 1. The number of carbonyl (C=O) groups excluding carboxylic acids is 1. The topological polar surface area (TPSA) is 53.4 Å². The summed E-state index contributed by atoms with van der Waals surface area (Å²) in [6.45, 7) is 1.95. The Morgan fingerprint density at radius 1 is 1.73 bits per heavy atom. The number of amides is 1. The number of aliphatic hydroxyl groups is 1. The quantitative estimate of drug-likeness (QED) is 0.844. The number of rotatable bonds is 3. The average Bonchev–Trinajstić information content (AvgIpc) is 2.16. The lowest BCUT2D eigenvalue weighted by Gasteiger charge is -2.18. The maximum absolute atomic E-state index is 11.8. The van der Waals surface area contributed by atoms with Gasteiger partial charge in [0.05, 0.1) is 11.7 Å². The molecular weight excluding hydrogens is 260 g/mol. The van der Waals surface area contributed by atoms with Gasteiger partial charge in [0.1, 0.15) is 4.60 Å². The molecule has 0 aliphatic rings. The molecular formula is C10H13BrN2O2. The van der Waals surface area contributed by atoms with Gasteiger partial charge in [-0.2, -0.15) is 0 Å². The summed E-state index contributed by atoms with van der Waals surface area (Å²) >= 11 is 3.21. The Labute approximate surface area is 97.1 Å². The number of hydrogen-bond acceptors (Lipinski definition) is 3. The summed E-state index contributed by atoms with van der Waals surface area (Å²) in [5.41, 5.74) is 0.501. The van der Waals surface area contributed by atoms with E-state index in [1.165, 1.54) is 4.90 Å². The van der Waals surface area contributed by atoms with E-state index in [-0.39, 0.29) is 5.91 Å². The molecule has 1 atom stereocenters. The molecule has 1 N–H and O–H groups in total. The van der Waals surface area contributed by atoms with E-state index < -0.39 is 6.10 Å². The fourth-order valence-electron chi connectivity index (χ4n) is 1.23. The Morgan fingerprint density at radius 2 is 2.40 bits per heavy atom. The van der Waals surface area contributed by atoms with E-state index in [1.807, 2.05) is 0 Å². The van der Waals surface area contributed by atoms with Crippen LogP contribution in [0.25, 0.3) is 0 Å². The van der Waals surface area contributed by atoms with E-state index in [9.17, 15) is 4.79 Å². The molecule has 0 aliphatic heterocycles. The van der Waals surface area contributed by atoms with Gasteiger partial charge in [0.25, 0.3) is 5.91 Å². The summed E-state index contributed by atoms with van der Waals surface area (Å²) in [6.07, 6.45) is 1.07. The minimum atomic E-state index is -0.533. The van der Waals surface area contributed by atoms with Crippen LogP contribution in [-0.2, 0) is 0 Å². The van der Waals surface area contributed by atoms with Crippen LogP contribution < -0.4 is 0 Å². The monoisotopic (exact) mass is 272 g/mol. The molecule has 15 heavy (non-hydrogen) atoms. The lowest BCUT2D eigenvalue weighted by Crippen LogP contribution is -2.33. The van der Waals surface area contributed by atoms with Crippen molar-refractivity contribution in [2.45, 2.75) is 13.0 Å². The van der Waals surface area contributed by atoms with Crippen LogP contribution >= 0.6 is 15.9 Å². The van der Waals surface area contributed by atoms with Gasteiger partial charge >= 0.3 is 0 Å². The third-order valence-electron chi connectivity index (χ3n) is 1.87. The molecule has 0 spiro atoms. The Morgan fingerprint density at radius 3 is 2.93 bits per heavy atom. The lowest BCUT2D eigenvalue weighted by atomic mass is 10.2. The molecule has 82 valence electrons. The Kier molecular flexibility index (Phi) is 4.23. The molecule has 1 unspecified atom stereocenters. The zero-order valence-electron chi connectivity index (χ0n) is 8.64. The Balaban J connectivity index is 2.81. The van der Waals surface area contributed by atoms with Gasteiger partial charge in [0, 0.05) is 19.8 Å². The van der Waals surface area contributed by atoms with E-state index >= 15 is 0 Å². The molecule has 1 heterocycles. The largest absolute Gasteiger partial charge is 0.392 e. The Hall–Kier alpha value is -0.940. The molecule has 1 rings (SSSR count). The van der Waals surface area contributed by atoms with Crippen molar-refractivity contribution in [1.82, 2.24) is 9.88 Å². The van der Waals surface area contributed by atoms with E-state index in [0.29, 0.717) is 16.7 Å². The fraction of sp³-hybridized carbons (Fsp3) is 0.400. The number of aliphatic hydroxyl groups excluding tert-OH is 1. The minimum Gasteiger partial charge on any atom is -0.392 e. The number of halogens is 1. The van der Waals surface area contributed by atoms with Crippen molar-refractivity contribution in [2.75, 3.05) is 13.6 Å². The number of likely N-dealkylation sites (N-methyl/N-ethyl adjacent to an activating group) is 1. The van der Waals surface area contributed by atoms with Crippen molar-refractivity contribution in [3.8, 4) is 0 Å². The summed E-state index contributed by atoms with van der Waals surface area (Å²) in [7, 11) is 1.65. The van der Waals surface area contributed by atoms with Crippen LogP contribution in [0.15, 0.2) is 22.9 Å². The van der Waals surface area contributed by atoms with E-state index in [4.69, 9.17) is 5.11 Å². The zero-order chi connectivity index (χ0) is 11.4. The molecule has 1 amide bonds. The highest BCUT2D eigenvalue weighted by Gasteiger charge is 2.16. The van der Waals surface area contributed by atoms with Crippen molar-refractivity contribution in [2.24, 2.45) is 0 Å². The highest BCUT2D eigenvalue weighted by molar-refractivity contribution is 9.10. The smallest absolute Gasteiger partial charge is 0.256 e. The van der Waals surface area contributed by atoms with Gasteiger partial charge in [0.2, 0.25) is 0 Å². The first-order valence-electron chi connectivity index (χ1n) is 4.56. The Bertz CT molecular complexity index is 355. The predicted octanol–water partition coefficient (Wildman–Crippen LogP) is 1.30. The van der Waals surface area contributed by atoms with Gasteiger partial charge < -0.3 is 10.0 Å². The first-order chi connectivity index (χ1) is 7.02. The molecule has 0 saturated heterocycles. The summed E-state index contributed by atoms with van der Waals surface area (Å²) < 4.78 is 0.521. The van der Waals surface area contributed by atoms with E-state index in [1.54, 1.807) is 32.3 Å². The van der Waals surface area contributed by atoms with Crippen molar-refractivity contribution in [3.63, 3.8) is 0 Å².